The van der Waals surface area contributed by atoms with E-state index in [1.807, 2.05) is 77.0 Å². The van der Waals surface area contributed by atoms with Crippen LogP contribution < -0.4 is 15.0 Å². The number of rotatable bonds is 5. The fraction of sp³-hybridized carbons (Fsp3) is 0.156. The third kappa shape index (κ3) is 3.23. The van der Waals surface area contributed by atoms with Crippen molar-refractivity contribution in [1.82, 2.24) is 0 Å². The van der Waals surface area contributed by atoms with Gasteiger partial charge in [0, 0.05) is 16.9 Å². The zero-order valence-electron chi connectivity index (χ0n) is 21.0. The molecule has 7 heteroatoms. The number of hydrogen-bond donors (Lipinski definition) is 1. The first kappa shape index (κ1) is 23.6. The van der Waals surface area contributed by atoms with Crippen molar-refractivity contribution in [2.75, 3.05) is 17.3 Å². The summed E-state index contributed by atoms with van der Waals surface area (Å²) >= 11 is 1.35. The van der Waals surface area contributed by atoms with Crippen LogP contribution in [0.4, 0.5) is 11.4 Å². The Morgan fingerprint density at radius 2 is 1.69 bits per heavy atom. The number of nitrogens with one attached hydrogen (secondary N) is 1. The van der Waals surface area contributed by atoms with Gasteiger partial charge in [-0.1, -0.05) is 54.6 Å². The Balaban J connectivity index is 1.52. The Hall–Kier alpha value is -4.49. The number of nitrogens with zero attached hydrogens (tertiary/aromatic N) is 1. The summed E-state index contributed by atoms with van der Waals surface area (Å²) < 4.78 is 5.31. The second kappa shape index (κ2) is 8.78. The average Bonchev–Trinajstić information content (AvgIpc) is 3.69. The van der Waals surface area contributed by atoms with Crippen molar-refractivity contribution in [2.45, 2.75) is 17.5 Å². The van der Waals surface area contributed by atoms with Crippen LogP contribution >= 0.6 is 11.3 Å². The van der Waals surface area contributed by atoms with Crippen molar-refractivity contribution in [3.63, 3.8) is 0 Å². The van der Waals surface area contributed by atoms with Gasteiger partial charge in [0.05, 0.1) is 23.9 Å². The van der Waals surface area contributed by atoms with Crippen molar-refractivity contribution in [3.05, 3.63) is 118 Å². The number of amides is 1. The fourth-order valence-corrected chi connectivity index (χ4v) is 7.32. The van der Waals surface area contributed by atoms with Gasteiger partial charge in [0.25, 0.3) is 0 Å². The maximum Gasteiger partial charge on any atom is 0.238 e. The zero-order valence-corrected chi connectivity index (χ0v) is 21.9. The third-order valence-electron chi connectivity index (χ3n) is 8.23. The number of thiophene rings is 1. The SMILES string of the molecule is COc1ccc(C(=O)[C@H]2[C@H](C(=O)c3cccs3)N3c4ccccc4C=C[C@@H]3[C@]23C(=O)Nc2ccccc23)cc1. The molecule has 1 spiro atoms. The number of anilines is 2. The van der Waals surface area contributed by atoms with Crippen molar-refractivity contribution in [1.29, 1.82) is 0 Å². The average molecular weight is 533 g/mol. The number of fused-ring (bicyclic) bond motifs is 6. The Kier molecular flexibility index (Phi) is 5.32. The highest BCUT2D eigenvalue weighted by atomic mass is 32.1. The van der Waals surface area contributed by atoms with E-state index in [0.29, 0.717) is 21.9 Å². The summed E-state index contributed by atoms with van der Waals surface area (Å²) in [4.78, 5) is 45.9. The maximum absolute atomic E-state index is 14.7. The van der Waals surface area contributed by atoms with Gasteiger partial charge < -0.3 is 15.0 Å². The molecular formula is C32H24N2O4S. The van der Waals surface area contributed by atoms with Crippen LogP contribution in [0.25, 0.3) is 6.08 Å². The number of carbonyl (C=O) groups excluding carboxylic acids is 3. The molecule has 1 N–H and O–H groups in total. The van der Waals surface area contributed by atoms with Crippen LogP contribution in [-0.4, -0.2) is 36.7 Å². The van der Waals surface area contributed by atoms with Crippen LogP contribution in [0.1, 0.15) is 31.2 Å². The summed E-state index contributed by atoms with van der Waals surface area (Å²) in [6.07, 6.45) is 3.99. The largest absolute Gasteiger partial charge is 0.497 e. The van der Waals surface area contributed by atoms with Crippen LogP contribution in [0, 0.1) is 5.92 Å². The van der Waals surface area contributed by atoms with E-state index in [9.17, 15) is 14.4 Å². The molecule has 4 aromatic rings. The molecule has 0 saturated carbocycles. The lowest BCUT2D eigenvalue weighted by molar-refractivity contribution is -0.121. The standard InChI is InChI=1S/C32H24N2O4S/c1-38-21-15-12-20(13-16-21)29(35)27-28(30(36)25-11-6-18-39-25)34-24-10-5-2-7-19(24)14-17-26(34)32(27)22-8-3-4-9-23(22)33-31(32)37/h2-18,26-28H,1H3,(H,33,37)/t26-,27-,28-,32+/m1/s1. The number of ketones is 2. The molecule has 3 aliphatic heterocycles. The number of methoxy groups -OCH3 is 1. The molecule has 1 aromatic heterocycles. The summed E-state index contributed by atoms with van der Waals surface area (Å²) in [7, 11) is 1.57. The molecule has 4 heterocycles. The molecule has 1 amide bonds. The quantitative estimate of drug-likeness (QED) is 0.338. The summed E-state index contributed by atoms with van der Waals surface area (Å²) in [6.45, 7) is 0. The highest BCUT2D eigenvalue weighted by molar-refractivity contribution is 7.12. The minimum absolute atomic E-state index is 0.166. The van der Waals surface area contributed by atoms with Gasteiger partial charge in [0.15, 0.2) is 11.6 Å². The number of para-hydroxylation sites is 2. The molecule has 3 aliphatic rings. The lowest BCUT2D eigenvalue weighted by Crippen LogP contribution is -2.51. The zero-order chi connectivity index (χ0) is 26.7. The van der Waals surface area contributed by atoms with Gasteiger partial charge in [-0.3, -0.25) is 14.4 Å². The smallest absolute Gasteiger partial charge is 0.238 e. The molecule has 0 radical (unpaired) electrons. The van der Waals surface area contributed by atoms with Crippen molar-refractivity contribution in [3.8, 4) is 5.75 Å². The van der Waals surface area contributed by atoms with E-state index in [0.717, 1.165) is 16.8 Å². The van der Waals surface area contributed by atoms with Gasteiger partial charge in [-0.15, -0.1) is 11.3 Å². The van der Waals surface area contributed by atoms with E-state index in [1.54, 1.807) is 37.4 Å². The monoisotopic (exact) mass is 532 g/mol. The molecule has 1 saturated heterocycles. The maximum atomic E-state index is 14.7. The van der Waals surface area contributed by atoms with E-state index < -0.39 is 23.4 Å². The minimum Gasteiger partial charge on any atom is -0.497 e. The van der Waals surface area contributed by atoms with Gasteiger partial charge in [0.1, 0.15) is 17.2 Å². The van der Waals surface area contributed by atoms with Crippen LogP contribution in [0.2, 0.25) is 0 Å². The molecule has 1 fully saturated rings. The van der Waals surface area contributed by atoms with Gasteiger partial charge in [-0.05, 0) is 59.0 Å². The van der Waals surface area contributed by atoms with E-state index in [4.69, 9.17) is 4.74 Å². The Morgan fingerprint density at radius 3 is 2.46 bits per heavy atom. The van der Waals surface area contributed by atoms with E-state index >= 15 is 0 Å². The normalized spacial score (nSPS) is 24.2. The molecule has 0 bridgehead atoms. The van der Waals surface area contributed by atoms with Crippen LogP contribution in [0.3, 0.4) is 0 Å². The number of ether oxygens (including phenoxy) is 1. The van der Waals surface area contributed by atoms with Crippen molar-refractivity contribution < 1.29 is 19.1 Å². The lowest BCUT2D eigenvalue weighted by Gasteiger charge is -2.37. The molecule has 0 aliphatic carbocycles. The second-order valence-electron chi connectivity index (χ2n) is 10.00. The lowest BCUT2D eigenvalue weighted by atomic mass is 9.64. The number of carbonyl (C=O) groups is 3. The number of benzene rings is 3. The Morgan fingerprint density at radius 1 is 0.923 bits per heavy atom. The van der Waals surface area contributed by atoms with Gasteiger partial charge in [0.2, 0.25) is 5.91 Å². The molecule has 39 heavy (non-hydrogen) atoms. The number of hydrogen-bond acceptors (Lipinski definition) is 6. The van der Waals surface area contributed by atoms with Gasteiger partial charge in [-0.2, -0.15) is 0 Å². The van der Waals surface area contributed by atoms with E-state index in [1.165, 1.54) is 11.3 Å². The molecule has 7 rings (SSSR count). The molecular weight excluding hydrogens is 508 g/mol. The van der Waals surface area contributed by atoms with Crippen LogP contribution in [-0.2, 0) is 10.2 Å². The summed E-state index contributed by atoms with van der Waals surface area (Å²) in [5.41, 5.74) is 2.31. The highest BCUT2D eigenvalue weighted by Gasteiger charge is 2.70. The molecule has 4 atom stereocenters. The Bertz CT molecular complexity index is 1660. The summed E-state index contributed by atoms with van der Waals surface area (Å²) in [6, 6.07) is 24.4. The first-order valence-corrected chi connectivity index (χ1v) is 13.7. The second-order valence-corrected chi connectivity index (χ2v) is 10.9. The molecule has 0 unspecified atom stereocenters. The molecule has 6 nitrogen and oxygen atoms in total. The number of Topliss-reactive ketones (excluding diaryl/α,β-unsaturated/α-hetero) is 2. The van der Waals surface area contributed by atoms with Gasteiger partial charge in [-0.25, -0.2) is 0 Å². The van der Waals surface area contributed by atoms with E-state index in [-0.39, 0.29) is 17.5 Å². The predicted octanol–water partition coefficient (Wildman–Crippen LogP) is 5.61. The first-order chi connectivity index (χ1) is 19.1. The topological polar surface area (TPSA) is 75.7 Å². The van der Waals surface area contributed by atoms with Crippen LogP contribution in [0.5, 0.6) is 5.75 Å². The molecule has 192 valence electrons. The van der Waals surface area contributed by atoms with E-state index in [2.05, 4.69) is 5.32 Å². The third-order valence-corrected chi connectivity index (χ3v) is 9.12. The van der Waals surface area contributed by atoms with Gasteiger partial charge >= 0.3 is 0 Å². The van der Waals surface area contributed by atoms with Crippen molar-refractivity contribution in [2.24, 2.45) is 5.92 Å². The summed E-state index contributed by atoms with van der Waals surface area (Å²) in [5.74, 6) is -1.04. The Labute approximate surface area is 229 Å². The molecule has 3 aromatic carbocycles. The highest BCUT2D eigenvalue weighted by Crippen LogP contribution is 2.58. The van der Waals surface area contributed by atoms with Crippen molar-refractivity contribution >= 4 is 46.3 Å². The predicted molar refractivity (Wildman–Crippen MR) is 152 cm³/mol. The first-order valence-electron chi connectivity index (χ1n) is 12.8. The minimum atomic E-state index is -1.31. The van der Waals surface area contributed by atoms with Crippen LogP contribution in [0.15, 0.2) is 96.4 Å². The summed E-state index contributed by atoms with van der Waals surface area (Å²) in [5, 5.41) is 4.91. The fourth-order valence-electron chi connectivity index (χ4n) is 6.62.